The van der Waals surface area contributed by atoms with Gasteiger partial charge in [0.15, 0.2) is 5.96 Å². The fourth-order valence-corrected chi connectivity index (χ4v) is 2.70. The summed E-state index contributed by atoms with van der Waals surface area (Å²) >= 11 is 0. The van der Waals surface area contributed by atoms with Gasteiger partial charge in [0.25, 0.3) is 0 Å². The Morgan fingerprint density at radius 2 is 2.13 bits per heavy atom. The van der Waals surface area contributed by atoms with Crippen LogP contribution in [0, 0.1) is 0 Å². The molecule has 0 radical (unpaired) electrons. The van der Waals surface area contributed by atoms with Crippen LogP contribution in [0.2, 0.25) is 0 Å². The quantitative estimate of drug-likeness (QED) is 0.411. The molecule has 1 amide bonds. The van der Waals surface area contributed by atoms with Gasteiger partial charge in [-0.3, -0.25) is 9.48 Å². The van der Waals surface area contributed by atoms with Gasteiger partial charge in [0.2, 0.25) is 5.91 Å². The van der Waals surface area contributed by atoms with Crippen molar-refractivity contribution in [2.24, 2.45) is 12.0 Å². The summed E-state index contributed by atoms with van der Waals surface area (Å²) in [5.74, 6) is 1.25. The first-order valence-electron chi connectivity index (χ1n) is 7.92. The number of aryl methyl sites for hydroxylation is 1. The van der Waals surface area contributed by atoms with Crippen LogP contribution in [-0.4, -0.2) is 59.3 Å². The average molecular weight is 434 g/mol. The van der Waals surface area contributed by atoms with Crippen LogP contribution in [0.1, 0.15) is 31.7 Å². The molecule has 8 heteroatoms. The third-order valence-electron chi connectivity index (χ3n) is 3.77. The summed E-state index contributed by atoms with van der Waals surface area (Å²) in [5.41, 5.74) is 1.27. The molecule has 1 aliphatic heterocycles. The first-order valence-corrected chi connectivity index (χ1v) is 7.92. The number of nitrogens with one attached hydrogen (secondary N) is 2. The molecule has 2 N–H and O–H groups in total. The summed E-state index contributed by atoms with van der Waals surface area (Å²) < 4.78 is 1.84. The highest BCUT2D eigenvalue weighted by Crippen LogP contribution is 2.26. The van der Waals surface area contributed by atoms with Crippen molar-refractivity contribution in [2.45, 2.75) is 26.2 Å². The van der Waals surface area contributed by atoms with Gasteiger partial charge in [-0.2, -0.15) is 5.10 Å². The van der Waals surface area contributed by atoms with E-state index in [4.69, 9.17) is 0 Å². The van der Waals surface area contributed by atoms with Crippen molar-refractivity contribution in [1.29, 1.82) is 0 Å². The number of carbonyl (C=O) groups excluding carboxylic acids is 1. The lowest BCUT2D eigenvalue weighted by molar-refractivity contribution is -0.119. The van der Waals surface area contributed by atoms with Crippen LogP contribution < -0.4 is 10.6 Å². The van der Waals surface area contributed by atoms with Crippen molar-refractivity contribution in [1.82, 2.24) is 25.3 Å². The number of carbonyl (C=O) groups is 1. The Morgan fingerprint density at radius 1 is 1.39 bits per heavy atom. The van der Waals surface area contributed by atoms with Crippen molar-refractivity contribution < 1.29 is 4.79 Å². The molecular formula is C15H27IN6O. The number of guanidine groups is 1. The Hall–Kier alpha value is -1.32. The molecule has 1 unspecified atom stereocenters. The highest BCUT2D eigenvalue weighted by molar-refractivity contribution is 14.0. The smallest absolute Gasteiger partial charge is 0.241 e. The zero-order valence-electron chi connectivity index (χ0n) is 14.1. The number of rotatable bonds is 5. The zero-order valence-corrected chi connectivity index (χ0v) is 16.4. The highest BCUT2D eigenvalue weighted by atomic mass is 127. The van der Waals surface area contributed by atoms with E-state index in [2.05, 4.69) is 31.8 Å². The minimum Gasteiger partial charge on any atom is -0.357 e. The van der Waals surface area contributed by atoms with Crippen LogP contribution in [0.25, 0.3) is 0 Å². The molecule has 0 aromatic carbocycles. The third kappa shape index (κ3) is 5.67. The van der Waals surface area contributed by atoms with E-state index in [1.807, 2.05) is 31.8 Å². The number of amides is 1. The second-order valence-electron chi connectivity index (χ2n) is 5.50. The lowest BCUT2D eigenvalue weighted by atomic mass is 10.0. The zero-order chi connectivity index (χ0) is 15.9. The van der Waals surface area contributed by atoms with Crippen LogP contribution in [0.3, 0.4) is 0 Å². The van der Waals surface area contributed by atoms with Gasteiger partial charge in [-0.05, 0) is 25.8 Å². The van der Waals surface area contributed by atoms with Gasteiger partial charge in [0.1, 0.15) is 6.54 Å². The molecule has 1 aromatic heterocycles. The number of hydrogen-bond acceptors (Lipinski definition) is 3. The van der Waals surface area contributed by atoms with Crippen molar-refractivity contribution in [3.05, 3.63) is 18.0 Å². The van der Waals surface area contributed by atoms with E-state index in [1.54, 1.807) is 0 Å². The average Bonchev–Trinajstić information content (AvgIpc) is 3.12. The normalized spacial score (nSPS) is 17.8. The minimum absolute atomic E-state index is 0. The Balaban J connectivity index is 0.00000264. The lowest BCUT2D eigenvalue weighted by Gasteiger charge is -2.21. The summed E-state index contributed by atoms with van der Waals surface area (Å²) in [6.07, 6.45) is 5.09. The van der Waals surface area contributed by atoms with E-state index in [9.17, 15) is 4.79 Å². The van der Waals surface area contributed by atoms with Crippen LogP contribution in [0.15, 0.2) is 17.4 Å². The topological polar surface area (TPSA) is 74.6 Å². The number of likely N-dealkylation sites (tertiary alicyclic amines) is 1. The summed E-state index contributed by atoms with van der Waals surface area (Å²) in [7, 11) is 1.94. The predicted molar refractivity (Wildman–Crippen MR) is 102 cm³/mol. The maximum atomic E-state index is 11.6. The summed E-state index contributed by atoms with van der Waals surface area (Å²) in [6, 6.07) is 0. The lowest BCUT2D eigenvalue weighted by Crippen LogP contribution is -2.40. The highest BCUT2D eigenvalue weighted by Gasteiger charge is 2.26. The van der Waals surface area contributed by atoms with E-state index in [0.717, 1.165) is 32.0 Å². The van der Waals surface area contributed by atoms with Gasteiger partial charge in [0.05, 0.1) is 6.20 Å². The van der Waals surface area contributed by atoms with Crippen LogP contribution >= 0.6 is 24.0 Å². The molecule has 1 atom stereocenters. The largest absolute Gasteiger partial charge is 0.357 e. The molecule has 1 fully saturated rings. The Morgan fingerprint density at radius 3 is 2.74 bits per heavy atom. The van der Waals surface area contributed by atoms with Gasteiger partial charge >= 0.3 is 0 Å². The molecule has 1 saturated heterocycles. The predicted octanol–water partition coefficient (Wildman–Crippen LogP) is 0.929. The summed E-state index contributed by atoms with van der Waals surface area (Å²) in [5, 5.41) is 10.3. The third-order valence-corrected chi connectivity index (χ3v) is 3.77. The SMILES string of the molecule is CCNC(=O)CN=C(NCC)N1CCC(c2cnn(C)c2)C1.I. The molecule has 0 aliphatic carbocycles. The summed E-state index contributed by atoms with van der Waals surface area (Å²) in [6.45, 7) is 7.40. The maximum absolute atomic E-state index is 11.6. The standard InChI is InChI=1S/C15H26N6O.HI/c1-4-16-14(22)9-18-15(17-5-2)21-7-6-12(11-21)13-8-19-20(3)10-13;/h8,10,12H,4-7,9,11H2,1-3H3,(H,16,22)(H,17,18);1H. The molecule has 0 spiro atoms. The number of hydrogen-bond donors (Lipinski definition) is 2. The number of likely N-dealkylation sites (N-methyl/N-ethyl adjacent to an activating group) is 1. The molecule has 1 aromatic rings. The molecule has 2 rings (SSSR count). The van der Waals surface area contributed by atoms with Crippen LogP contribution in [0.5, 0.6) is 0 Å². The fourth-order valence-electron chi connectivity index (χ4n) is 2.70. The molecule has 0 saturated carbocycles. The van der Waals surface area contributed by atoms with Crippen molar-refractivity contribution in [3.63, 3.8) is 0 Å². The number of nitrogens with zero attached hydrogens (tertiary/aromatic N) is 4. The molecule has 7 nitrogen and oxygen atoms in total. The monoisotopic (exact) mass is 434 g/mol. The molecule has 2 heterocycles. The maximum Gasteiger partial charge on any atom is 0.241 e. The summed E-state index contributed by atoms with van der Waals surface area (Å²) in [4.78, 5) is 18.2. The molecule has 0 bridgehead atoms. The fraction of sp³-hybridized carbons (Fsp3) is 0.667. The first kappa shape index (κ1) is 19.7. The number of aromatic nitrogens is 2. The Kier molecular flexibility index (Phi) is 8.35. The van der Waals surface area contributed by atoms with E-state index >= 15 is 0 Å². The Bertz CT molecular complexity index is 530. The van der Waals surface area contributed by atoms with Gasteiger partial charge in [-0.1, -0.05) is 0 Å². The van der Waals surface area contributed by atoms with Crippen molar-refractivity contribution >= 4 is 35.8 Å². The minimum atomic E-state index is -0.0408. The van der Waals surface area contributed by atoms with Gasteiger partial charge in [-0.25, -0.2) is 4.99 Å². The molecular weight excluding hydrogens is 407 g/mol. The van der Waals surface area contributed by atoms with Gasteiger partial charge in [0, 0.05) is 45.3 Å². The molecule has 23 heavy (non-hydrogen) atoms. The van der Waals surface area contributed by atoms with Crippen molar-refractivity contribution in [3.8, 4) is 0 Å². The van der Waals surface area contributed by atoms with Crippen LogP contribution in [-0.2, 0) is 11.8 Å². The second kappa shape index (κ2) is 9.74. The first-order chi connectivity index (χ1) is 10.6. The molecule has 130 valence electrons. The number of halogens is 1. The van der Waals surface area contributed by atoms with Crippen molar-refractivity contribution in [2.75, 3.05) is 32.7 Å². The van der Waals surface area contributed by atoms with Gasteiger partial charge < -0.3 is 15.5 Å². The second-order valence-corrected chi connectivity index (χ2v) is 5.50. The van der Waals surface area contributed by atoms with E-state index in [0.29, 0.717) is 12.5 Å². The van der Waals surface area contributed by atoms with E-state index in [-0.39, 0.29) is 36.4 Å². The van der Waals surface area contributed by atoms with Gasteiger partial charge in [-0.15, -0.1) is 24.0 Å². The van der Waals surface area contributed by atoms with E-state index < -0.39 is 0 Å². The number of aliphatic imine (C=N–C) groups is 1. The van der Waals surface area contributed by atoms with E-state index in [1.165, 1.54) is 5.56 Å². The Labute approximate surface area is 154 Å². The van der Waals surface area contributed by atoms with Crippen LogP contribution in [0.4, 0.5) is 0 Å². The molecule has 1 aliphatic rings.